The lowest BCUT2D eigenvalue weighted by molar-refractivity contribution is -0.118. The van der Waals surface area contributed by atoms with Crippen molar-refractivity contribution >= 4 is 11.8 Å². The molecule has 3 N–H and O–H groups in total. The first kappa shape index (κ1) is 27.6. The third-order valence-corrected chi connectivity index (χ3v) is 7.31. The molecule has 8 nitrogen and oxygen atoms in total. The van der Waals surface area contributed by atoms with Crippen LogP contribution in [0.25, 0.3) is 11.3 Å². The second-order valence-corrected chi connectivity index (χ2v) is 10.1. The number of carbonyl (C=O) groups excluding carboxylic acids is 2. The van der Waals surface area contributed by atoms with E-state index < -0.39 is 5.91 Å². The van der Waals surface area contributed by atoms with Crippen LogP contribution in [-0.2, 0) is 11.3 Å². The predicted octanol–water partition coefficient (Wildman–Crippen LogP) is 4.95. The zero-order valence-electron chi connectivity index (χ0n) is 22.2. The first-order valence-corrected chi connectivity index (χ1v) is 13.2. The Kier molecular flexibility index (Phi) is 10.2. The summed E-state index contributed by atoms with van der Waals surface area (Å²) in [4.78, 5) is 25.1. The van der Waals surface area contributed by atoms with Gasteiger partial charge in [-0.25, -0.2) is 0 Å². The van der Waals surface area contributed by atoms with Crippen molar-refractivity contribution in [2.24, 2.45) is 17.6 Å². The van der Waals surface area contributed by atoms with Gasteiger partial charge >= 0.3 is 0 Å². The number of rotatable bonds is 13. The van der Waals surface area contributed by atoms with Gasteiger partial charge in [-0.1, -0.05) is 58.4 Å². The zero-order chi connectivity index (χ0) is 26.1. The normalized spacial score (nSPS) is 15.8. The molecular weight excluding hydrogens is 456 g/mol. The largest absolute Gasteiger partial charge is 0.496 e. The molecule has 2 aromatic rings. The molecule has 1 heterocycles. The van der Waals surface area contributed by atoms with Crippen molar-refractivity contribution < 1.29 is 19.1 Å². The van der Waals surface area contributed by atoms with Gasteiger partial charge in [-0.15, -0.1) is 0 Å². The maximum absolute atomic E-state index is 13.3. The first-order chi connectivity index (χ1) is 17.4. The van der Waals surface area contributed by atoms with Crippen molar-refractivity contribution in [2.75, 3.05) is 14.2 Å². The topological polar surface area (TPSA) is 108 Å². The van der Waals surface area contributed by atoms with Gasteiger partial charge in [-0.3, -0.25) is 14.3 Å². The summed E-state index contributed by atoms with van der Waals surface area (Å²) >= 11 is 0. The number of ether oxygens (including phenoxy) is 2. The number of carbonyl (C=O) groups is 2. The standard InChI is InChI=1S/C28H42N4O4/c1-5-19(2)18-32-23(27-24(35-3)12-9-13-25(27)36-4)17-22(31-32)28(34)30-21(16-26(29)33)15-14-20-10-7-6-8-11-20/h9,12-13,17,19-21H,5-8,10-11,14-16,18H2,1-4H3,(H2,29,33)(H,30,34)/t19?,21-/m0/s1. The molecule has 1 saturated carbocycles. The Morgan fingerprint density at radius 3 is 2.42 bits per heavy atom. The molecule has 198 valence electrons. The molecule has 0 saturated heterocycles. The number of amides is 2. The number of benzene rings is 1. The molecule has 2 amide bonds. The lowest BCUT2D eigenvalue weighted by Gasteiger charge is -2.24. The van der Waals surface area contributed by atoms with Crippen molar-refractivity contribution in [3.63, 3.8) is 0 Å². The molecule has 0 radical (unpaired) electrons. The van der Waals surface area contributed by atoms with Crippen LogP contribution in [0.3, 0.4) is 0 Å². The van der Waals surface area contributed by atoms with E-state index in [1.54, 1.807) is 20.3 Å². The van der Waals surface area contributed by atoms with E-state index in [1.165, 1.54) is 32.1 Å². The zero-order valence-corrected chi connectivity index (χ0v) is 22.2. The summed E-state index contributed by atoms with van der Waals surface area (Å²) in [5.74, 6) is 1.59. The number of methoxy groups -OCH3 is 2. The van der Waals surface area contributed by atoms with Gasteiger partial charge in [0.05, 0.1) is 25.5 Å². The highest BCUT2D eigenvalue weighted by Crippen LogP contribution is 2.39. The second-order valence-electron chi connectivity index (χ2n) is 10.1. The highest BCUT2D eigenvalue weighted by atomic mass is 16.5. The molecule has 0 spiro atoms. The van der Waals surface area contributed by atoms with E-state index in [0.29, 0.717) is 35.6 Å². The molecule has 3 rings (SSSR count). The number of aromatic nitrogens is 2. The molecule has 1 fully saturated rings. The maximum Gasteiger partial charge on any atom is 0.272 e. The monoisotopic (exact) mass is 498 g/mol. The Hall–Kier alpha value is -3.03. The fraction of sp³-hybridized carbons (Fsp3) is 0.607. The maximum atomic E-state index is 13.3. The van der Waals surface area contributed by atoms with Gasteiger partial charge in [0.15, 0.2) is 5.69 Å². The van der Waals surface area contributed by atoms with Crippen molar-refractivity contribution in [3.8, 4) is 22.8 Å². The van der Waals surface area contributed by atoms with E-state index in [2.05, 4.69) is 24.3 Å². The number of hydrogen-bond acceptors (Lipinski definition) is 5. The van der Waals surface area contributed by atoms with Crippen LogP contribution >= 0.6 is 0 Å². The third-order valence-electron chi connectivity index (χ3n) is 7.31. The molecular formula is C28H42N4O4. The van der Waals surface area contributed by atoms with Crippen LogP contribution in [0.1, 0.15) is 82.1 Å². The smallest absolute Gasteiger partial charge is 0.272 e. The van der Waals surface area contributed by atoms with Gasteiger partial charge in [0.25, 0.3) is 5.91 Å². The average Bonchev–Trinajstić information content (AvgIpc) is 3.30. The summed E-state index contributed by atoms with van der Waals surface area (Å²) in [5.41, 5.74) is 7.32. The average molecular weight is 499 g/mol. The van der Waals surface area contributed by atoms with Crippen LogP contribution in [0.15, 0.2) is 24.3 Å². The van der Waals surface area contributed by atoms with Crippen LogP contribution in [0, 0.1) is 11.8 Å². The highest BCUT2D eigenvalue weighted by molar-refractivity contribution is 5.94. The van der Waals surface area contributed by atoms with Gasteiger partial charge < -0.3 is 20.5 Å². The van der Waals surface area contributed by atoms with Gasteiger partial charge in [0, 0.05) is 19.0 Å². The lowest BCUT2D eigenvalue weighted by Crippen LogP contribution is -2.38. The molecule has 1 unspecified atom stereocenters. The Morgan fingerprint density at radius 2 is 1.83 bits per heavy atom. The molecule has 8 heteroatoms. The number of hydrogen-bond donors (Lipinski definition) is 2. The minimum absolute atomic E-state index is 0.124. The fourth-order valence-electron chi connectivity index (χ4n) is 5.04. The lowest BCUT2D eigenvalue weighted by atomic mass is 9.85. The minimum atomic E-state index is -0.411. The SMILES string of the molecule is CCC(C)Cn1nc(C(=O)N[C@@H](CCC2CCCCC2)CC(N)=O)cc1-c1c(OC)cccc1OC. The van der Waals surface area contributed by atoms with Crippen LogP contribution in [0.2, 0.25) is 0 Å². The summed E-state index contributed by atoms with van der Waals surface area (Å²) in [6.45, 7) is 4.93. The summed E-state index contributed by atoms with van der Waals surface area (Å²) in [5, 5.41) is 7.73. The molecule has 1 aromatic heterocycles. The van der Waals surface area contributed by atoms with Gasteiger partial charge in [0.2, 0.25) is 5.91 Å². The Balaban J connectivity index is 1.87. The highest BCUT2D eigenvalue weighted by Gasteiger charge is 2.25. The van der Waals surface area contributed by atoms with E-state index in [0.717, 1.165) is 30.5 Å². The van der Waals surface area contributed by atoms with Crippen molar-refractivity contribution in [3.05, 3.63) is 30.0 Å². The number of primary amides is 1. The number of nitrogens with one attached hydrogen (secondary N) is 1. The van der Waals surface area contributed by atoms with Gasteiger partial charge in [-0.05, 0) is 42.9 Å². The molecule has 1 aromatic carbocycles. The van der Waals surface area contributed by atoms with Crippen molar-refractivity contribution in [2.45, 2.75) is 84.2 Å². The van der Waals surface area contributed by atoms with Crippen molar-refractivity contribution in [1.82, 2.24) is 15.1 Å². The molecule has 1 aliphatic carbocycles. The van der Waals surface area contributed by atoms with Gasteiger partial charge in [-0.2, -0.15) is 5.10 Å². The van der Waals surface area contributed by atoms with Crippen LogP contribution in [0.4, 0.5) is 0 Å². The minimum Gasteiger partial charge on any atom is -0.496 e. The summed E-state index contributed by atoms with van der Waals surface area (Å²) in [6.07, 6.45) is 9.11. The molecule has 0 aliphatic heterocycles. The van der Waals surface area contributed by atoms with Crippen molar-refractivity contribution in [1.29, 1.82) is 0 Å². The Bertz CT molecular complexity index is 991. The van der Waals surface area contributed by atoms with E-state index in [-0.39, 0.29) is 18.4 Å². The van der Waals surface area contributed by atoms with Gasteiger partial charge in [0.1, 0.15) is 11.5 Å². The first-order valence-electron chi connectivity index (χ1n) is 13.2. The number of nitrogens with two attached hydrogens (primary N) is 1. The fourth-order valence-corrected chi connectivity index (χ4v) is 5.04. The number of nitrogens with zero attached hydrogens (tertiary/aromatic N) is 2. The summed E-state index contributed by atoms with van der Waals surface area (Å²) in [6, 6.07) is 7.07. The van der Waals surface area contributed by atoms with E-state index in [1.807, 2.05) is 22.9 Å². The van der Waals surface area contributed by atoms with E-state index in [4.69, 9.17) is 15.2 Å². The van der Waals surface area contributed by atoms with E-state index >= 15 is 0 Å². The summed E-state index contributed by atoms with van der Waals surface area (Å²) in [7, 11) is 3.23. The van der Waals surface area contributed by atoms with E-state index in [9.17, 15) is 9.59 Å². The summed E-state index contributed by atoms with van der Waals surface area (Å²) < 4.78 is 13.1. The van der Waals surface area contributed by atoms with Crippen LogP contribution in [-0.4, -0.2) is 41.9 Å². The van der Waals surface area contributed by atoms with Crippen LogP contribution < -0.4 is 20.5 Å². The molecule has 0 bridgehead atoms. The molecule has 36 heavy (non-hydrogen) atoms. The quantitative estimate of drug-likeness (QED) is 0.406. The molecule has 1 aliphatic rings. The molecule has 2 atom stereocenters. The Labute approximate surface area is 214 Å². The second kappa shape index (κ2) is 13.3. The van der Waals surface area contributed by atoms with Crippen LogP contribution in [0.5, 0.6) is 11.5 Å². The Morgan fingerprint density at radius 1 is 1.17 bits per heavy atom. The predicted molar refractivity (Wildman–Crippen MR) is 141 cm³/mol. The third kappa shape index (κ3) is 7.24.